The molecule has 4 heteroatoms. The highest BCUT2D eigenvalue weighted by molar-refractivity contribution is 9.10. The molecule has 0 saturated carbocycles. The summed E-state index contributed by atoms with van der Waals surface area (Å²) in [5.41, 5.74) is 5.56. The predicted octanol–water partition coefficient (Wildman–Crippen LogP) is 4.17. The van der Waals surface area contributed by atoms with Gasteiger partial charge in [0, 0.05) is 55.4 Å². The third kappa shape index (κ3) is 4.86. The Kier molecular flexibility index (Phi) is 6.17. The van der Waals surface area contributed by atoms with Gasteiger partial charge in [0.25, 0.3) is 0 Å². The molecule has 0 saturated heterocycles. The van der Waals surface area contributed by atoms with E-state index in [0.717, 1.165) is 55.8 Å². The summed E-state index contributed by atoms with van der Waals surface area (Å²) < 4.78 is 1.09. The standard InChI is InChI=1S/C24H26BrN3/c1-26-19-28(16-21-6-3-2-4-7-21)18-22-17-27(15-13-24(22)26)14-5-8-20-9-11-23(25)12-10-20/h2-4,6-7,9-12H,13-19H2,1H3. The highest BCUT2D eigenvalue weighted by Gasteiger charge is 2.27. The van der Waals surface area contributed by atoms with Crippen LogP contribution >= 0.6 is 15.9 Å². The Morgan fingerprint density at radius 1 is 0.964 bits per heavy atom. The Hall–Kier alpha value is -2.06. The van der Waals surface area contributed by atoms with Crippen molar-refractivity contribution < 1.29 is 0 Å². The largest absolute Gasteiger partial charge is 0.365 e. The van der Waals surface area contributed by atoms with Crippen LogP contribution in [0, 0.1) is 11.8 Å². The molecule has 0 N–H and O–H groups in total. The predicted molar refractivity (Wildman–Crippen MR) is 119 cm³/mol. The SMILES string of the molecule is CN1CN(Cc2ccccc2)CC2=C1CCN(CC#Cc1ccc(Br)cc1)C2. The minimum absolute atomic E-state index is 0.829. The van der Waals surface area contributed by atoms with Crippen LogP contribution in [0.3, 0.4) is 0 Å². The normalized spacial score (nSPS) is 17.9. The van der Waals surface area contributed by atoms with E-state index in [9.17, 15) is 0 Å². The molecule has 2 aliphatic rings. The summed E-state index contributed by atoms with van der Waals surface area (Å²) in [7, 11) is 2.23. The fraction of sp³-hybridized carbons (Fsp3) is 0.333. The highest BCUT2D eigenvalue weighted by atomic mass is 79.9. The summed E-state index contributed by atoms with van der Waals surface area (Å²) in [5, 5.41) is 0. The zero-order valence-electron chi connectivity index (χ0n) is 16.4. The second-order valence-electron chi connectivity index (χ2n) is 7.63. The van der Waals surface area contributed by atoms with Gasteiger partial charge in [0.1, 0.15) is 0 Å². The number of halogens is 1. The Morgan fingerprint density at radius 2 is 1.71 bits per heavy atom. The van der Waals surface area contributed by atoms with Gasteiger partial charge in [0.05, 0.1) is 13.2 Å². The third-order valence-corrected chi connectivity index (χ3v) is 5.93. The lowest BCUT2D eigenvalue weighted by Crippen LogP contribution is -2.47. The quantitative estimate of drug-likeness (QED) is 0.669. The van der Waals surface area contributed by atoms with Crippen molar-refractivity contribution in [2.75, 3.05) is 39.9 Å². The van der Waals surface area contributed by atoms with Crippen molar-refractivity contribution in [3.8, 4) is 11.8 Å². The van der Waals surface area contributed by atoms with Crippen molar-refractivity contribution in [1.82, 2.24) is 14.7 Å². The van der Waals surface area contributed by atoms with Crippen LogP contribution in [-0.2, 0) is 6.54 Å². The molecule has 0 amide bonds. The Morgan fingerprint density at radius 3 is 2.50 bits per heavy atom. The van der Waals surface area contributed by atoms with Crippen LogP contribution in [0.25, 0.3) is 0 Å². The summed E-state index contributed by atoms with van der Waals surface area (Å²) in [6.07, 6.45) is 1.13. The lowest BCUT2D eigenvalue weighted by atomic mass is 10.0. The summed E-state index contributed by atoms with van der Waals surface area (Å²) in [6, 6.07) is 19.0. The second kappa shape index (κ2) is 8.96. The van der Waals surface area contributed by atoms with E-state index in [1.54, 1.807) is 11.3 Å². The molecule has 0 atom stereocenters. The van der Waals surface area contributed by atoms with E-state index in [1.165, 1.54) is 5.56 Å². The molecule has 0 unspecified atom stereocenters. The zero-order valence-corrected chi connectivity index (χ0v) is 18.0. The maximum Gasteiger partial charge on any atom is 0.0706 e. The molecule has 0 aliphatic carbocycles. The zero-order chi connectivity index (χ0) is 19.3. The molecule has 2 aliphatic heterocycles. The van der Waals surface area contributed by atoms with Crippen LogP contribution in [0.1, 0.15) is 17.5 Å². The first-order valence-electron chi connectivity index (χ1n) is 9.82. The first-order chi connectivity index (χ1) is 13.7. The first kappa shape index (κ1) is 19.3. The first-order valence-corrected chi connectivity index (χ1v) is 10.6. The molecule has 0 aromatic heterocycles. The lowest BCUT2D eigenvalue weighted by molar-refractivity contribution is 0.137. The summed E-state index contributed by atoms with van der Waals surface area (Å²) in [5.74, 6) is 6.65. The minimum atomic E-state index is 0.829. The van der Waals surface area contributed by atoms with Crippen LogP contribution in [0.4, 0.5) is 0 Å². The molecule has 0 fully saturated rings. The monoisotopic (exact) mass is 435 g/mol. The van der Waals surface area contributed by atoms with Gasteiger partial charge in [-0.15, -0.1) is 0 Å². The number of rotatable bonds is 3. The van der Waals surface area contributed by atoms with Crippen molar-refractivity contribution in [2.24, 2.45) is 0 Å². The average molecular weight is 436 g/mol. The van der Waals surface area contributed by atoms with Gasteiger partial charge < -0.3 is 4.90 Å². The molecule has 3 nitrogen and oxygen atoms in total. The summed E-state index contributed by atoms with van der Waals surface area (Å²) in [6.45, 7) is 6.03. The van der Waals surface area contributed by atoms with Crippen molar-refractivity contribution >= 4 is 15.9 Å². The van der Waals surface area contributed by atoms with Crippen molar-refractivity contribution in [3.05, 3.63) is 81.5 Å². The van der Waals surface area contributed by atoms with E-state index in [0.29, 0.717) is 0 Å². The van der Waals surface area contributed by atoms with E-state index in [1.807, 2.05) is 12.1 Å². The Labute approximate surface area is 176 Å². The molecule has 144 valence electrons. The number of hydrogen-bond acceptors (Lipinski definition) is 3. The van der Waals surface area contributed by atoms with Gasteiger partial charge in [-0.05, 0) is 35.4 Å². The Bertz CT molecular complexity index is 893. The number of benzene rings is 2. The van der Waals surface area contributed by atoms with Crippen LogP contribution in [0.5, 0.6) is 0 Å². The van der Waals surface area contributed by atoms with Crippen LogP contribution in [0.2, 0.25) is 0 Å². The van der Waals surface area contributed by atoms with Crippen molar-refractivity contribution in [1.29, 1.82) is 0 Å². The van der Waals surface area contributed by atoms with Crippen LogP contribution in [0.15, 0.2) is 70.3 Å². The second-order valence-corrected chi connectivity index (χ2v) is 8.55. The summed E-state index contributed by atoms with van der Waals surface area (Å²) >= 11 is 3.47. The molecule has 4 rings (SSSR count). The highest BCUT2D eigenvalue weighted by Crippen LogP contribution is 2.26. The lowest BCUT2D eigenvalue weighted by Gasteiger charge is -2.42. The molecule has 0 spiro atoms. The molecular weight excluding hydrogens is 410 g/mol. The smallest absolute Gasteiger partial charge is 0.0706 e. The van der Waals surface area contributed by atoms with E-state index in [-0.39, 0.29) is 0 Å². The van der Waals surface area contributed by atoms with E-state index in [4.69, 9.17) is 0 Å². The maximum atomic E-state index is 3.47. The van der Waals surface area contributed by atoms with Crippen molar-refractivity contribution in [3.63, 3.8) is 0 Å². The number of nitrogens with zero attached hydrogens (tertiary/aromatic N) is 3. The van der Waals surface area contributed by atoms with E-state index in [2.05, 4.69) is 92.0 Å². The third-order valence-electron chi connectivity index (χ3n) is 5.40. The molecule has 0 radical (unpaired) electrons. The number of hydrogen-bond donors (Lipinski definition) is 0. The van der Waals surface area contributed by atoms with Crippen LogP contribution < -0.4 is 0 Å². The van der Waals surface area contributed by atoms with Gasteiger partial charge in [0.15, 0.2) is 0 Å². The topological polar surface area (TPSA) is 9.72 Å². The molecule has 28 heavy (non-hydrogen) atoms. The molecule has 2 aromatic carbocycles. The minimum Gasteiger partial charge on any atom is -0.365 e. The van der Waals surface area contributed by atoms with Gasteiger partial charge in [-0.3, -0.25) is 9.80 Å². The molecule has 2 heterocycles. The van der Waals surface area contributed by atoms with E-state index >= 15 is 0 Å². The maximum absolute atomic E-state index is 3.47. The molecule has 2 aromatic rings. The van der Waals surface area contributed by atoms with Gasteiger partial charge in [0.2, 0.25) is 0 Å². The van der Waals surface area contributed by atoms with E-state index < -0.39 is 0 Å². The van der Waals surface area contributed by atoms with Crippen LogP contribution in [-0.4, -0.2) is 54.6 Å². The molecule has 0 bridgehead atoms. The average Bonchev–Trinajstić information content (AvgIpc) is 2.70. The Balaban J connectivity index is 1.37. The van der Waals surface area contributed by atoms with Gasteiger partial charge >= 0.3 is 0 Å². The van der Waals surface area contributed by atoms with Gasteiger partial charge in [-0.25, -0.2) is 0 Å². The fourth-order valence-electron chi connectivity index (χ4n) is 4.06. The fourth-order valence-corrected chi connectivity index (χ4v) is 4.32. The van der Waals surface area contributed by atoms with Gasteiger partial charge in [-0.1, -0.05) is 58.1 Å². The van der Waals surface area contributed by atoms with Crippen molar-refractivity contribution in [2.45, 2.75) is 13.0 Å². The summed E-state index contributed by atoms with van der Waals surface area (Å²) in [4.78, 5) is 7.45. The van der Waals surface area contributed by atoms with Gasteiger partial charge in [-0.2, -0.15) is 0 Å². The molecular formula is C24H26BrN3.